The summed E-state index contributed by atoms with van der Waals surface area (Å²) < 4.78 is 40.0. The minimum absolute atomic E-state index is 0.0619. The Bertz CT molecular complexity index is 734. The maximum absolute atomic E-state index is 14.1. The van der Waals surface area contributed by atoms with Gasteiger partial charge in [0.25, 0.3) is 5.91 Å². The average Bonchev–Trinajstić information content (AvgIpc) is 2.53. The number of halogens is 2. The number of hydrogen-bond acceptors (Lipinski definition) is 4. The van der Waals surface area contributed by atoms with Crippen LogP contribution in [0.25, 0.3) is 0 Å². The van der Waals surface area contributed by atoms with Gasteiger partial charge in [-0.05, 0) is 31.9 Å². The first kappa shape index (κ1) is 19.1. The van der Waals surface area contributed by atoms with Crippen LogP contribution in [0, 0.1) is 5.82 Å². The van der Waals surface area contributed by atoms with Crippen molar-refractivity contribution in [1.29, 1.82) is 0 Å². The largest absolute Gasteiger partial charge is 0.371 e. The van der Waals surface area contributed by atoms with Crippen LogP contribution < -0.4 is 10.6 Å². The summed E-state index contributed by atoms with van der Waals surface area (Å²) in [5.74, 6) is -1.42. The summed E-state index contributed by atoms with van der Waals surface area (Å²) in [6.45, 7) is 2.65. The molecule has 9 heteroatoms. The minimum Gasteiger partial charge on any atom is -0.371 e. The fourth-order valence-corrected chi connectivity index (χ4v) is 4.44. The predicted molar refractivity (Wildman–Crippen MR) is 95.1 cm³/mol. The smallest absolute Gasteiger partial charge is 0.253 e. The van der Waals surface area contributed by atoms with Gasteiger partial charge in [-0.15, -0.1) is 0 Å². The highest BCUT2D eigenvalue weighted by Crippen LogP contribution is 2.31. The molecule has 1 fully saturated rings. The molecule has 1 heterocycles. The summed E-state index contributed by atoms with van der Waals surface area (Å²) >= 11 is 3.23. The second kappa shape index (κ2) is 7.37. The molecule has 1 aromatic rings. The van der Waals surface area contributed by atoms with Crippen molar-refractivity contribution in [2.75, 3.05) is 30.8 Å². The zero-order chi connectivity index (χ0) is 18.1. The van der Waals surface area contributed by atoms with Crippen LogP contribution in [0.1, 0.15) is 30.1 Å². The van der Waals surface area contributed by atoms with Crippen LogP contribution in [0.5, 0.6) is 0 Å². The second-order valence-electron chi connectivity index (χ2n) is 5.78. The Morgan fingerprint density at radius 2 is 2.00 bits per heavy atom. The number of piperidine rings is 1. The molecule has 134 valence electrons. The van der Waals surface area contributed by atoms with Crippen molar-refractivity contribution in [2.24, 2.45) is 5.73 Å². The molecule has 2 rings (SSSR count). The topological polar surface area (TPSA) is 83.7 Å². The number of amides is 1. The molecule has 0 radical (unpaired) electrons. The van der Waals surface area contributed by atoms with Gasteiger partial charge in [0.05, 0.1) is 17.0 Å². The molecule has 1 aliphatic rings. The SMILES string of the molecule is CCS(=O)(=O)N(C)C1CCN(c2cc(Br)cc(F)c2C(N)=O)CC1. The van der Waals surface area contributed by atoms with E-state index in [9.17, 15) is 17.6 Å². The van der Waals surface area contributed by atoms with Crippen LogP contribution in [0.3, 0.4) is 0 Å². The maximum Gasteiger partial charge on any atom is 0.253 e. The van der Waals surface area contributed by atoms with Crippen molar-refractivity contribution in [2.45, 2.75) is 25.8 Å². The number of nitrogens with zero attached hydrogens (tertiary/aromatic N) is 2. The normalized spacial score (nSPS) is 16.6. The van der Waals surface area contributed by atoms with Gasteiger partial charge in [-0.2, -0.15) is 0 Å². The van der Waals surface area contributed by atoms with E-state index in [2.05, 4.69) is 15.9 Å². The van der Waals surface area contributed by atoms with E-state index in [1.807, 2.05) is 4.90 Å². The fraction of sp³-hybridized carbons (Fsp3) is 0.533. The third-order valence-electron chi connectivity index (χ3n) is 4.40. The molecule has 0 atom stereocenters. The summed E-state index contributed by atoms with van der Waals surface area (Å²) in [5.41, 5.74) is 5.62. The lowest BCUT2D eigenvalue weighted by atomic mass is 10.0. The monoisotopic (exact) mass is 421 g/mol. The third kappa shape index (κ3) is 3.89. The van der Waals surface area contributed by atoms with Crippen LogP contribution in [-0.4, -0.2) is 50.6 Å². The molecule has 0 saturated carbocycles. The summed E-state index contributed by atoms with van der Waals surface area (Å²) in [5, 5.41) is 0. The van der Waals surface area contributed by atoms with Gasteiger partial charge in [-0.1, -0.05) is 15.9 Å². The van der Waals surface area contributed by atoms with E-state index in [4.69, 9.17) is 5.73 Å². The molecular formula is C15H21BrFN3O3S. The molecule has 0 aromatic heterocycles. The summed E-state index contributed by atoms with van der Waals surface area (Å²) in [6, 6.07) is 2.77. The number of benzene rings is 1. The number of hydrogen-bond donors (Lipinski definition) is 1. The Balaban J connectivity index is 2.20. The number of sulfonamides is 1. The van der Waals surface area contributed by atoms with E-state index in [0.717, 1.165) is 0 Å². The van der Waals surface area contributed by atoms with Crippen molar-refractivity contribution in [1.82, 2.24) is 4.31 Å². The Labute approximate surface area is 150 Å². The Hall–Kier alpha value is -1.19. The van der Waals surface area contributed by atoms with Crippen molar-refractivity contribution in [3.8, 4) is 0 Å². The van der Waals surface area contributed by atoms with Gasteiger partial charge in [-0.3, -0.25) is 4.79 Å². The number of anilines is 1. The molecule has 1 saturated heterocycles. The molecule has 1 aliphatic heterocycles. The highest BCUT2D eigenvalue weighted by atomic mass is 79.9. The van der Waals surface area contributed by atoms with E-state index in [1.165, 1.54) is 10.4 Å². The van der Waals surface area contributed by atoms with E-state index in [1.54, 1.807) is 20.0 Å². The van der Waals surface area contributed by atoms with Crippen LogP contribution >= 0.6 is 15.9 Å². The first-order valence-corrected chi connectivity index (χ1v) is 10.1. The Morgan fingerprint density at radius 3 is 2.50 bits per heavy atom. The fourth-order valence-electron chi connectivity index (χ4n) is 2.95. The number of rotatable bonds is 5. The van der Waals surface area contributed by atoms with Gasteiger partial charge in [0.1, 0.15) is 5.82 Å². The van der Waals surface area contributed by atoms with Gasteiger partial charge in [-0.25, -0.2) is 17.1 Å². The van der Waals surface area contributed by atoms with Gasteiger partial charge in [0.15, 0.2) is 0 Å². The minimum atomic E-state index is -3.24. The first-order chi connectivity index (χ1) is 11.2. The van der Waals surface area contributed by atoms with Crippen molar-refractivity contribution in [3.63, 3.8) is 0 Å². The zero-order valence-electron chi connectivity index (χ0n) is 13.6. The molecule has 6 nitrogen and oxygen atoms in total. The van der Waals surface area contributed by atoms with E-state index >= 15 is 0 Å². The van der Waals surface area contributed by atoms with Crippen LogP contribution in [0.4, 0.5) is 10.1 Å². The highest BCUT2D eigenvalue weighted by molar-refractivity contribution is 9.10. The molecule has 0 bridgehead atoms. The van der Waals surface area contributed by atoms with E-state index < -0.39 is 21.7 Å². The van der Waals surface area contributed by atoms with Crippen molar-refractivity contribution >= 4 is 37.5 Å². The summed E-state index contributed by atoms with van der Waals surface area (Å²) in [6.07, 6.45) is 1.20. The second-order valence-corrected chi connectivity index (χ2v) is 9.01. The van der Waals surface area contributed by atoms with Crippen LogP contribution in [0.15, 0.2) is 16.6 Å². The quantitative estimate of drug-likeness (QED) is 0.786. The summed E-state index contributed by atoms with van der Waals surface area (Å²) in [4.78, 5) is 13.5. The average molecular weight is 422 g/mol. The van der Waals surface area contributed by atoms with Gasteiger partial charge in [0.2, 0.25) is 10.0 Å². The molecule has 24 heavy (non-hydrogen) atoms. The molecule has 0 spiro atoms. The lowest BCUT2D eigenvalue weighted by molar-refractivity contribution is 0.0997. The van der Waals surface area contributed by atoms with Gasteiger partial charge in [0, 0.05) is 30.7 Å². The van der Waals surface area contributed by atoms with Crippen molar-refractivity contribution < 1.29 is 17.6 Å². The molecule has 0 unspecified atom stereocenters. The first-order valence-electron chi connectivity index (χ1n) is 7.67. The molecular weight excluding hydrogens is 401 g/mol. The molecule has 1 aromatic carbocycles. The molecule has 2 N–H and O–H groups in total. The lowest BCUT2D eigenvalue weighted by Gasteiger charge is -2.37. The third-order valence-corrected chi connectivity index (χ3v) is 6.77. The van der Waals surface area contributed by atoms with E-state index in [-0.39, 0.29) is 17.4 Å². The maximum atomic E-state index is 14.1. The molecule has 0 aliphatic carbocycles. The number of carbonyl (C=O) groups is 1. The zero-order valence-corrected chi connectivity index (χ0v) is 16.0. The van der Waals surface area contributed by atoms with Gasteiger partial charge >= 0.3 is 0 Å². The molecule has 1 amide bonds. The number of nitrogens with two attached hydrogens (primary N) is 1. The van der Waals surface area contributed by atoms with Gasteiger partial charge < -0.3 is 10.6 Å². The Morgan fingerprint density at radius 1 is 1.42 bits per heavy atom. The van der Waals surface area contributed by atoms with Crippen molar-refractivity contribution in [3.05, 3.63) is 28.0 Å². The lowest BCUT2D eigenvalue weighted by Crippen LogP contribution is -2.46. The van der Waals surface area contributed by atoms with E-state index in [0.29, 0.717) is 36.1 Å². The standard InChI is InChI=1S/C15H21BrFN3O3S/c1-3-24(22,23)19(2)11-4-6-20(7-5-11)13-9-10(16)8-12(17)14(13)15(18)21/h8-9,11H,3-7H2,1-2H3,(H2,18,21). The van der Waals surface area contributed by atoms with Crippen LogP contribution in [-0.2, 0) is 10.0 Å². The van der Waals surface area contributed by atoms with Crippen LogP contribution in [0.2, 0.25) is 0 Å². The number of primary amides is 1. The Kier molecular flexibility index (Phi) is 5.87. The predicted octanol–water partition coefficient (Wildman–Crippen LogP) is 1.94. The number of carbonyl (C=O) groups excluding carboxylic acids is 1. The highest BCUT2D eigenvalue weighted by Gasteiger charge is 2.30. The summed E-state index contributed by atoms with van der Waals surface area (Å²) in [7, 11) is -1.65.